The average molecular weight is 576 g/mol. The third-order valence-electron chi connectivity index (χ3n) is 5.43. The van der Waals surface area contributed by atoms with Crippen LogP contribution < -0.4 is 5.32 Å². The summed E-state index contributed by atoms with van der Waals surface area (Å²) in [5, 5.41) is 3.91. The Kier molecular flexibility index (Phi) is 9.40. The molecule has 0 spiro atoms. The number of carbonyl (C=O) groups is 2. The summed E-state index contributed by atoms with van der Waals surface area (Å²) < 4.78 is 0.938. The lowest BCUT2D eigenvalue weighted by atomic mass is 10.00. The van der Waals surface area contributed by atoms with E-state index in [2.05, 4.69) is 21.2 Å². The van der Waals surface area contributed by atoms with Crippen molar-refractivity contribution in [2.75, 3.05) is 0 Å². The summed E-state index contributed by atoms with van der Waals surface area (Å²) in [4.78, 5) is 29.0. The van der Waals surface area contributed by atoms with E-state index in [9.17, 15) is 9.59 Å². The summed E-state index contributed by atoms with van der Waals surface area (Å²) >= 11 is 16.2. The Bertz CT molecular complexity index is 1140. The number of nitrogens with zero attached hydrogens (tertiary/aromatic N) is 1. The molecule has 3 aromatic rings. The van der Waals surface area contributed by atoms with E-state index in [4.69, 9.17) is 23.2 Å². The Labute approximate surface area is 225 Å². The van der Waals surface area contributed by atoms with E-state index < -0.39 is 11.6 Å². The minimum atomic E-state index is -0.728. The highest BCUT2D eigenvalue weighted by atomic mass is 79.9. The molecule has 0 saturated heterocycles. The van der Waals surface area contributed by atoms with Crippen molar-refractivity contribution in [1.82, 2.24) is 10.2 Å². The second-order valence-electron chi connectivity index (χ2n) is 9.47. The summed E-state index contributed by atoms with van der Waals surface area (Å²) in [6.07, 6.45) is 0.365. The van der Waals surface area contributed by atoms with Crippen LogP contribution in [0.25, 0.3) is 0 Å². The van der Waals surface area contributed by atoms with Gasteiger partial charge in [-0.25, -0.2) is 0 Å². The molecule has 0 aliphatic rings. The maximum absolute atomic E-state index is 13.8. The van der Waals surface area contributed by atoms with Crippen LogP contribution in [-0.2, 0) is 29.0 Å². The van der Waals surface area contributed by atoms with Crippen LogP contribution in [0.15, 0.2) is 77.3 Å². The number of rotatable bonds is 8. The number of amides is 2. The van der Waals surface area contributed by atoms with E-state index in [-0.39, 0.29) is 24.8 Å². The van der Waals surface area contributed by atoms with Gasteiger partial charge >= 0.3 is 0 Å². The van der Waals surface area contributed by atoms with Crippen LogP contribution in [0.5, 0.6) is 0 Å². The van der Waals surface area contributed by atoms with E-state index >= 15 is 0 Å². The van der Waals surface area contributed by atoms with Crippen molar-refractivity contribution < 1.29 is 9.59 Å². The van der Waals surface area contributed by atoms with Crippen molar-refractivity contribution >= 4 is 50.9 Å². The number of hydrogen-bond donors (Lipinski definition) is 1. The maximum Gasteiger partial charge on any atom is 0.243 e. The van der Waals surface area contributed by atoms with Gasteiger partial charge in [0.1, 0.15) is 6.04 Å². The highest BCUT2D eigenvalue weighted by molar-refractivity contribution is 9.10. The number of halogens is 3. The van der Waals surface area contributed by atoms with Crippen molar-refractivity contribution in [1.29, 1.82) is 0 Å². The lowest BCUT2D eigenvalue weighted by molar-refractivity contribution is -0.141. The molecule has 35 heavy (non-hydrogen) atoms. The standard InChI is InChI=1S/C28H29BrCl2N2O2/c1-28(2,3)32-27(35)25(16-19-8-5-4-6-9-19)33(18-20-12-14-21(29)15-13-20)26(34)17-22-23(30)10-7-11-24(22)31/h4-15,25H,16-18H2,1-3H3,(H,32,35). The van der Waals surface area contributed by atoms with Crippen LogP contribution in [0.4, 0.5) is 0 Å². The molecule has 0 saturated carbocycles. The molecule has 0 radical (unpaired) electrons. The number of nitrogens with one attached hydrogen (secondary N) is 1. The number of benzene rings is 3. The Morgan fingerprint density at radius 2 is 1.49 bits per heavy atom. The first kappa shape index (κ1) is 27.3. The monoisotopic (exact) mass is 574 g/mol. The van der Waals surface area contributed by atoms with E-state index in [1.165, 1.54) is 0 Å². The molecular weight excluding hydrogens is 547 g/mol. The quantitative estimate of drug-likeness (QED) is 0.319. The lowest BCUT2D eigenvalue weighted by Gasteiger charge is -2.34. The highest BCUT2D eigenvalue weighted by Crippen LogP contribution is 2.26. The molecule has 0 fully saturated rings. The molecule has 2 amide bonds. The molecule has 0 aliphatic heterocycles. The summed E-state index contributed by atoms with van der Waals surface area (Å²) in [7, 11) is 0. The van der Waals surface area contributed by atoms with Gasteiger partial charge in [0.2, 0.25) is 11.8 Å². The predicted molar refractivity (Wildman–Crippen MR) is 147 cm³/mol. The molecule has 1 N–H and O–H groups in total. The fraction of sp³-hybridized carbons (Fsp3) is 0.286. The van der Waals surface area contributed by atoms with Gasteiger partial charge in [0.25, 0.3) is 0 Å². The van der Waals surface area contributed by atoms with Gasteiger partial charge in [-0.1, -0.05) is 87.7 Å². The van der Waals surface area contributed by atoms with Gasteiger partial charge in [-0.2, -0.15) is 0 Å². The topological polar surface area (TPSA) is 49.4 Å². The molecule has 1 atom stereocenters. The van der Waals surface area contributed by atoms with Crippen LogP contribution in [0, 0.1) is 0 Å². The minimum Gasteiger partial charge on any atom is -0.350 e. The molecule has 0 heterocycles. The Morgan fingerprint density at radius 1 is 0.886 bits per heavy atom. The van der Waals surface area contributed by atoms with Gasteiger partial charge in [0.05, 0.1) is 6.42 Å². The average Bonchev–Trinajstić information content (AvgIpc) is 2.79. The van der Waals surface area contributed by atoms with Gasteiger partial charge < -0.3 is 10.2 Å². The fourth-order valence-electron chi connectivity index (χ4n) is 3.75. The Hall–Kier alpha value is -2.34. The van der Waals surface area contributed by atoms with Crippen molar-refractivity contribution in [3.63, 3.8) is 0 Å². The maximum atomic E-state index is 13.8. The molecule has 3 rings (SSSR count). The van der Waals surface area contributed by atoms with Gasteiger partial charge in [-0.3, -0.25) is 9.59 Å². The minimum absolute atomic E-state index is 0.0108. The highest BCUT2D eigenvalue weighted by Gasteiger charge is 2.32. The van der Waals surface area contributed by atoms with Gasteiger partial charge in [-0.15, -0.1) is 0 Å². The van der Waals surface area contributed by atoms with Crippen molar-refractivity contribution in [2.45, 2.75) is 51.7 Å². The summed E-state index contributed by atoms with van der Waals surface area (Å²) in [5.41, 5.74) is 1.97. The van der Waals surface area contributed by atoms with Crippen LogP contribution >= 0.6 is 39.1 Å². The van der Waals surface area contributed by atoms with Gasteiger partial charge in [-0.05, 0) is 61.7 Å². The molecule has 0 bridgehead atoms. The smallest absolute Gasteiger partial charge is 0.243 e. The predicted octanol–water partition coefficient (Wildman–Crippen LogP) is 6.85. The number of hydrogen-bond acceptors (Lipinski definition) is 2. The van der Waals surface area contributed by atoms with Crippen LogP contribution in [0.1, 0.15) is 37.5 Å². The second kappa shape index (κ2) is 12.1. The normalized spacial score (nSPS) is 12.2. The van der Waals surface area contributed by atoms with E-state index in [0.717, 1.165) is 15.6 Å². The fourth-order valence-corrected chi connectivity index (χ4v) is 4.54. The first-order chi connectivity index (χ1) is 16.5. The van der Waals surface area contributed by atoms with Crippen molar-refractivity contribution in [3.8, 4) is 0 Å². The first-order valence-corrected chi connectivity index (χ1v) is 12.9. The lowest BCUT2D eigenvalue weighted by Crippen LogP contribution is -2.54. The zero-order chi connectivity index (χ0) is 25.6. The zero-order valence-electron chi connectivity index (χ0n) is 20.0. The molecule has 4 nitrogen and oxygen atoms in total. The molecule has 1 unspecified atom stereocenters. The van der Waals surface area contributed by atoms with E-state index in [0.29, 0.717) is 22.0 Å². The molecule has 3 aromatic carbocycles. The van der Waals surface area contributed by atoms with E-state index in [1.807, 2.05) is 75.4 Å². The second-order valence-corrected chi connectivity index (χ2v) is 11.2. The molecular formula is C28H29BrCl2N2O2. The molecule has 0 aliphatic carbocycles. The zero-order valence-corrected chi connectivity index (χ0v) is 23.1. The summed E-state index contributed by atoms with van der Waals surface area (Å²) in [5.74, 6) is -0.440. The third-order valence-corrected chi connectivity index (χ3v) is 6.66. The van der Waals surface area contributed by atoms with Crippen molar-refractivity contribution in [3.05, 3.63) is 104 Å². The van der Waals surface area contributed by atoms with Crippen LogP contribution in [0.2, 0.25) is 10.0 Å². The SMILES string of the molecule is CC(C)(C)NC(=O)C(Cc1ccccc1)N(Cc1ccc(Br)cc1)C(=O)Cc1c(Cl)cccc1Cl. The Morgan fingerprint density at radius 3 is 2.06 bits per heavy atom. The van der Waals surface area contributed by atoms with E-state index in [1.54, 1.807) is 23.1 Å². The first-order valence-electron chi connectivity index (χ1n) is 11.4. The van der Waals surface area contributed by atoms with Crippen molar-refractivity contribution in [2.24, 2.45) is 0 Å². The van der Waals surface area contributed by atoms with Gasteiger partial charge in [0.15, 0.2) is 0 Å². The summed E-state index contributed by atoms with van der Waals surface area (Å²) in [6, 6.07) is 21.9. The third kappa shape index (κ3) is 8.09. The van der Waals surface area contributed by atoms with Crippen LogP contribution in [0.3, 0.4) is 0 Å². The molecule has 184 valence electrons. The molecule has 0 aromatic heterocycles. The molecule has 7 heteroatoms. The number of carbonyl (C=O) groups excluding carboxylic acids is 2. The summed E-state index contributed by atoms with van der Waals surface area (Å²) in [6.45, 7) is 6.04. The Balaban J connectivity index is 2.02. The van der Waals surface area contributed by atoms with Gasteiger partial charge in [0, 0.05) is 33.0 Å². The largest absolute Gasteiger partial charge is 0.350 e. The van der Waals surface area contributed by atoms with Crippen LogP contribution in [-0.4, -0.2) is 28.3 Å².